The molecule has 0 radical (unpaired) electrons. The summed E-state index contributed by atoms with van der Waals surface area (Å²) >= 11 is 5.27. The summed E-state index contributed by atoms with van der Waals surface area (Å²) in [5.74, 6) is 6.08. The smallest absolute Gasteiger partial charge is 0.130 e. The number of thiazole rings is 2. The van der Waals surface area contributed by atoms with Gasteiger partial charge in [0.2, 0.25) is 0 Å². The van der Waals surface area contributed by atoms with Crippen LogP contribution in [0.5, 0.6) is 0 Å². The predicted molar refractivity (Wildman–Crippen MR) is 363 cm³/mol. The Bertz CT molecular complexity index is 2200. The van der Waals surface area contributed by atoms with Crippen molar-refractivity contribution in [3.05, 3.63) is 224 Å². The van der Waals surface area contributed by atoms with Crippen LogP contribution in [0.2, 0.25) is 0 Å². The van der Waals surface area contributed by atoms with Crippen LogP contribution in [0.3, 0.4) is 0 Å². The van der Waals surface area contributed by atoms with Crippen LogP contribution in [-0.2, 0) is 0 Å². The second kappa shape index (κ2) is 50.4. The van der Waals surface area contributed by atoms with Crippen LogP contribution in [0.15, 0.2) is 176 Å². The Morgan fingerprint density at radius 3 is 1.06 bits per heavy atom. The van der Waals surface area contributed by atoms with Gasteiger partial charge in [-0.25, -0.2) is 15.0 Å². The van der Waals surface area contributed by atoms with Crippen molar-refractivity contribution >= 4 is 34.0 Å². The Kier molecular flexibility index (Phi) is 50.6. The summed E-state index contributed by atoms with van der Waals surface area (Å²) < 4.78 is 0. The second-order valence-electron chi connectivity index (χ2n) is 20.5. The quantitative estimate of drug-likeness (QED) is 0.138. The van der Waals surface area contributed by atoms with Gasteiger partial charge in [-0.2, -0.15) is 0 Å². The van der Waals surface area contributed by atoms with Gasteiger partial charge in [0.15, 0.2) is 0 Å². The predicted octanol–water partition coefficient (Wildman–Crippen LogP) is 22.0. The number of pyridine rings is 4. The minimum atomic E-state index is 0. The van der Waals surface area contributed by atoms with E-state index in [2.05, 4.69) is 198 Å². The van der Waals surface area contributed by atoms with Crippen molar-refractivity contribution in [2.24, 2.45) is 0 Å². The average molecular weight is 1170 g/mol. The topological polar surface area (TPSA) is 129 Å². The molecule has 0 saturated carbocycles. The summed E-state index contributed by atoms with van der Waals surface area (Å²) in [5.41, 5.74) is 7.91. The summed E-state index contributed by atoms with van der Waals surface area (Å²) in [7, 11) is 0. The van der Waals surface area contributed by atoms with E-state index in [9.17, 15) is 0 Å². The number of rotatable bonds is 9. The standard InChI is InChI=1S/4C8H11N.2C7H10N2.C7H10S.2C6H9NS.4CH4/c1-7(2)8-3-5-9-6-4-8;1-7(2)8-4-3-5-9-6-8;2*1-7(2)8-5-3-4-6-9-8;1-6(2)7-5-8-3-4-9-7;1-6(2)7-8-4-3-5-9-7;1-6(2)7-4-3-5-8-7;1-5(2)6-3-7-4-8-6;1-5(2)6-7-3-4-8-6;;;;/h4*3-7H,1-2H3;2*3-6H,1-2H3;3-6H,1-2H3;2*3-5H,1-2H3;4*1H4. The molecule has 0 unspecified atom stereocenters. The van der Waals surface area contributed by atoms with Gasteiger partial charge in [0.25, 0.3) is 0 Å². The Morgan fingerprint density at radius 1 is 0.280 bits per heavy atom. The highest BCUT2D eigenvalue weighted by Gasteiger charge is 2.02. The maximum absolute atomic E-state index is 4.18. The molecule has 10 nitrogen and oxygen atoms in total. The largest absolute Gasteiger partial charge is 0.265 e. The van der Waals surface area contributed by atoms with Gasteiger partial charge in [-0.3, -0.25) is 34.9 Å². The summed E-state index contributed by atoms with van der Waals surface area (Å²) in [6.07, 6.45) is 23.5. The first-order valence-corrected chi connectivity index (χ1v) is 29.8. The lowest BCUT2D eigenvalue weighted by Gasteiger charge is -2.01. The molecule has 0 spiro atoms. The molecule has 9 heterocycles. The molecule has 0 saturated heterocycles. The molecular weight excluding hydrogens is 1070 g/mol. The molecule has 0 fully saturated rings. The van der Waals surface area contributed by atoms with E-state index in [0.29, 0.717) is 53.3 Å². The lowest BCUT2D eigenvalue weighted by Crippen LogP contribution is -1.93. The van der Waals surface area contributed by atoms with Gasteiger partial charge in [-0.15, -0.1) is 34.0 Å². The van der Waals surface area contributed by atoms with Crippen LogP contribution in [0.1, 0.15) is 256 Å². The molecule has 0 atom stereocenters. The van der Waals surface area contributed by atoms with Gasteiger partial charge in [-0.05, 0) is 113 Å². The summed E-state index contributed by atoms with van der Waals surface area (Å²) in [6.45, 7) is 38.7. The zero-order chi connectivity index (χ0) is 58.1. The fraction of sp³-hybridized carbons (Fsp3) is 0.449. The Hall–Kier alpha value is -6.28. The third-order valence-corrected chi connectivity index (χ3v) is 14.0. The highest BCUT2D eigenvalue weighted by atomic mass is 32.1. The normalized spacial score (nSPS) is 9.70. The molecule has 452 valence electrons. The lowest BCUT2D eigenvalue weighted by molar-refractivity contribution is 0.774. The van der Waals surface area contributed by atoms with Crippen LogP contribution in [0, 0.1) is 0 Å². The molecule has 9 rings (SSSR count). The minimum absolute atomic E-state index is 0. The summed E-state index contributed by atoms with van der Waals surface area (Å²) in [6, 6.07) is 26.3. The molecule has 0 amide bonds. The SMILES string of the molecule is C.C.C.C.CC(C)c1ccccn1.CC(C)c1ccccn1.CC(C)c1cccnc1.CC(C)c1cccs1.CC(C)c1ccncc1.CC(C)c1cnccn1.CC(C)c1cncs1.CC(C)c1ncccn1.CC(C)c1nccs1. The van der Waals surface area contributed by atoms with E-state index in [4.69, 9.17) is 0 Å². The number of nitrogens with zero attached hydrogens (tertiary/aromatic N) is 10. The summed E-state index contributed by atoms with van der Waals surface area (Å²) in [5, 5.41) is 5.36. The minimum Gasteiger partial charge on any atom is -0.265 e. The number of thiophene rings is 1. The fourth-order valence-electron chi connectivity index (χ4n) is 5.77. The first kappa shape index (κ1) is 82.2. The van der Waals surface area contributed by atoms with Gasteiger partial charge in [0.1, 0.15) is 5.82 Å². The molecule has 0 aliphatic heterocycles. The second-order valence-corrected chi connectivity index (χ2v) is 23.3. The molecular formula is C69H108N10S3. The Morgan fingerprint density at radius 2 is 0.805 bits per heavy atom. The van der Waals surface area contributed by atoms with Crippen molar-refractivity contribution < 1.29 is 0 Å². The molecule has 9 aromatic rings. The third-order valence-electron chi connectivity index (χ3n) is 10.6. The van der Waals surface area contributed by atoms with Crippen molar-refractivity contribution in [2.75, 3.05) is 0 Å². The van der Waals surface area contributed by atoms with Gasteiger partial charge < -0.3 is 0 Å². The Labute approximate surface area is 512 Å². The first-order valence-electron chi connectivity index (χ1n) is 27.2. The van der Waals surface area contributed by atoms with Crippen molar-refractivity contribution in [1.29, 1.82) is 0 Å². The van der Waals surface area contributed by atoms with E-state index in [1.807, 2.05) is 126 Å². The number of hydrogen-bond donors (Lipinski definition) is 0. The molecule has 13 heteroatoms. The molecule has 0 aliphatic carbocycles. The third kappa shape index (κ3) is 40.0. The van der Waals surface area contributed by atoms with Crippen molar-refractivity contribution in [1.82, 2.24) is 49.8 Å². The summed E-state index contributed by atoms with van der Waals surface area (Å²) in [4.78, 5) is 43.4. The van der Waals surface area contributed by atoms with Crippen LogP contribution in [0.25, 0.3) is 0 Å². The monoisotopic (exact) mass is 1170 g/mol. The van der Waals surface area contributed by atoms with E-state index in [-0.39, 0.29) is 29.7 Å². The highest BCUT2D eigenvalue weighted by molar-refractivity contribution is 7.10. The highest BCUT2D eigenvalue weighted by Crippen LogP contribution is 2.20. The maximum Gasteiger partial charge on any atom is 0.130 e. The Balaban J connectivity index is -0.000000415. The van der Waals surface area contributed by atoms with Crippen LogP contribution in [0.4, 0.5) is 0 Å². The maximum atomic E-state index is 4.18. The zero-order valence-corrected chi connectivity index (χ0v) is 52.6. The van der Waals surface area contributed by atoms with Gasteiger partial charge in [-0.1, -0.05) is 179 Å². The van der Waals surface area contributed by atoms with Gasteiger partial charge in [0, 0.05) is 119 Å². The molecule has 9 aromatic heterocycles. The van der Waals surface area contributed by atoms with E-state index < -0.39 is 0 Å². The molecule has 0 aromatic carbocycles. The number of aromatic nitrogens is 10. The van der Waals surface area contributed by atoms with Crippen LogP contribution >= 0.6 is 34.0 Å². The average Bonchev–Trinajstić information content (AvgIpc) is 4.31. The van der Waals surface area contributed by atoms with Crippen LogP contribution in [-0.4, -0.2) is 49.8 Å². The molecule has 82 heavy (non-hydrogen) atoms. The molecule has 0 aliphatic rings. The fourth-order valence-corrected chi connectivity index (χ4v) is 7.80. The lowest BCUT2D eigenvalue weighted by atomic mass is 10.1. The van der Waals surface area contributed by atoms with E-state index >= 15 is 0 Å². The molecule has 0 N–H and O–H groups in total. The molecule has 0 bridgehead atoms. The van der Waals surface area contributed by atoms with Crippen LogP contribution < -0.4 is 0 Å². The van der Waals surface area contributed by atoms with Gasteiger partial charge in [0.05, 0.1) is 16.2 Å². The first-order chi connectivity index (χ1) is 37.2. The number of hydrogen-bond acceptors (Lipinski definition) is 13. The van der Waals surface area contributed by atoms with Crippen molar-refractivity contribution in [3.8, 4) is 0 Å². The van der Waals surface area contributed by atoms with Crippen molar-refractivity contribution in [3.63, 3.8) is 0 Å². The van der Waals surface area contributed by atoms with Gasteiger partial charge >= 0.3 is 0 Å². The van der Waals surface area contributed by atoms with Crippen molar-refractivity contribution in [2.45, 2.75) is 208 Å². The van der Waals surface area contributed by atoms with E-state index in [0.717, 1.165) is 22.9 Å². The van der Waals surface area contributed by atoms with E-state index in [1.54, 1.807) is 59.9 Å². The zero-order valence-electron chi connectivity index (χ0n) is 50.1. The van der Waals surface area contributed by atoms with E-state index in [1.165, 1.54) is 25.9 Å².